The van der Waals surface area contributed by atoms with Crippen molar-refractivity contribution in [2.75, 3.05) is 44.2 Å². The van der Waals surface area contributed by atoms with E-state index in [1.54, 1.807) is 11.0 Å². The standard InChI is InChI=1S/C17H21FN2O2S.C11H12FN3S.C7H4FNOS/c1-17(2,3)22-16(21)20-8-6-11(7-9-20)15-13-5-4-12(18)10-14(13)23-19-15;12-8-1-2-9-10(7-8)16-14-11(9)15-5-3-13-4-6-15;8-4-1-2-5-6(3-4)11-9-7(5)10/h4-5,10-11H,6-9H2,1-3H3;1-2,7,13H,3-6H2;1-3H,(H,9,10). The molecule has 9 nitrogen and oxygen atoms in total. The van der Waals surface area contributed by atoms with Crippen LogP contribution in [0.5, 0.6) is 0 Å². The molecule has 0 radical (unpaired) electrons. The summed E-state index contributed by atoms with van der Waals surface area (Å²) in [6.45, 7) is 10.9. The number of nitrogens with zero attached hydrogens (tertiary/aromatic N) is 4. The Hall–Kier alpha value is -4.05. The van der Waals surface area contributed by atoms with Crippen molar-refractivity contribution >= 4 is 76.8 Å². The summed E-state index contributed by atoms with van der Waals surface area (Å²) < 4.78 is 58.2. The molecule has 15 heteroatoms. The van der Waals surface area contributed by atoms with Crippen molar-refractivity contribution in [2.45, 2.75) is 45.1 Å². The van der Waals surface area contributed by atoms with Crippen molar-refractivity contribution in [3.63, 3.8) is 0 Å². The van der Waals surface area contributed by atoms with Crippen molar-refractivity contribution in [2.24, 2.45) is 0 Å². The van der Waals surface area contributed by atoms with Gasteiger partial charge in [0.25, 0.3) is 5.56 Å². The number of amides is 1. The third-order valence-corrected chi connectivity index (χ3v) is 10.7. The number of rotatable bonds is 2. The molecule has 0 bridgehead atoms. The Morgan fingerprint density at radius 2 is 1.36 bits per heavy atom. The maximum absolute atomic E-state index is 13.3. The highest BCUT2D eigenvalue weighted by atomic mass is 32.1. The molecule has 5 heterocycles. The first-order chi connectivity index (χ1) is 23.9. The van der Waals surface area contributed by atoms with Gasteiger partial charge in [0, 0.05) is 56.0 Å². The minimum absolute atomic E-state index is 0.148. The minimum Gasteiger partial charge on any atom is -0.444 e. The van der Waals surface area contributed by atoms with Gasteiger partial charge in [-0.05, 0) is 111 Å². The summed E-state index contributed by atoms with van der Waals surface area (Å²) >= 11 is 3.86. The second-order valence-electron chi connectivity index (χ2n) is 13.0. The molecule has 2 N–H and O–H groups in total. The van der Waals surface area contributed by atoms with Gasteiger partial charge in [0.05, 0.1) is 25.2 Å². The molecule has 2 fully saturated rings. The largest absolute Gasteiger partial charge is 0.444 e. The van der Waals surface area contributed by atoms with Crippen LogP contribution in [0, 0.1) is 17.5 Å². The van der Waals surface area contributed by atoms with E-state index in [-0.39, 0.29) is 29.1 Å². The number of hydrogen-bond donors (Lipinski definition) is 2. The predicted molar refractivity (Wildman–Crippen MR) is 196 cm³/mol. The zero-order chi connectivity index (χ0) is 35.4. The summed E-state index contributed by atoms with van der Waals surface area (Å²) in [5.41, 5.74) is 0.419. The lowest BCUT2D eigenvalue weighted by atomic mass is 9.92. The lowest BCUT2D eigenvalue weighted by Gasteiger charge is -2.33. The van der Waals surface area contributed by atoms with Gasteiger partial charge in [0.2, 0.25) is 0 Å². The molecule has 0 saturated carbocycles. The Labute approximate surface area is 299 Å². The SMILES string of the molecule is CC(C)(C)OC(=O)N1CCC(c2nsc3cc(F)ccc23)CC1.Fc1ccc2c(N3CCNCC3)nsc2c1.O=c1[nH]sc2cc(F)ccc12. The summed E-state index contributed by atoms with van der Waals surface area (Å²) in [6.07, 6.45) is 1.46. The second kappa shape index (κ2) is 15.5. The van der Waals surface area contributed by atoms with Crippen LogP contribution in [0.25, 0.3) is 30.3 Å². The molecular weight excluding hydrogens is 706 g/mol. The number of anilines is 1. The van der Waals surface area contributed by atoms with Gasteiger partial charge < -0.3 is 19.9 Å². The maximum Gasteiger partial charge on any atom is 0.410 e. The van der Waals surface area contributed by atoms with Gasteiger partial charge in [-0.25, -0.2) is 18.0 Å². The van der Waals surface area contributed by atoms with Gasteiger partial charge in [-0.15, -0.1) is 0 Å². The summed E-state index contributed by atoms with van der Waals surface area (Å²) in [5.74, 6) is 0.581. The third-order valence-electron chi connectivity index (χ3n) is 8.27. The Bertz CT molecular complexity index is 2140. The molecule has 0 unspecified atom stereocenters. The Morgan fingerprint density at radius 3 is 2.00 bits per heavy atom. The molecule has 0 aliphatic carbocycles. The number of piperazine rings is 1. The van der Waals surface area contributed by atoms with Crippen LogP contribution < -0.4 is 15.8 Å². The van der Waals surface area contributed by atoms with Crippen molar-refractivity contribution < 1.29 is 22.7 Å². The zero-order valence-electron chi connectivity index (χ0n) is 27.8. The van der Waals surface area contributed by atoms with Crippen LogP contribution in [0.3, 0.4) is 0 Å². The van der Waals surface area contributed by atoms with Crippen LogP contribution in [-0.2, 0) is 4.74 Å². The van der Waals surface area contributed by atoms with Crippen LogP contribution >= 0.6 is 34.6 Å². The van der Waals surface area contributed by atoms with E-state index in [1.165, 1.54) is 59.5 Å². The number of likely N-dealkylation sites (tertiary alicyclic amines) is 1. The van der Waals surface area contributed by atoms with Crippen LogP contribution in [-0.4, -0.2) is 69.0 Å². The molecule has 3 aromatic carbocycles. The number of piperidine rings is 1. The summed E-state index contributed by atoms with van der Waals surface area (Å²) in [7, 11) is 0. The smallest absolute Gasteiger partial charge is 0.410 e. The first kappa shape index (κ1) is 35.8. The number of aromatic nitrogens is 3. The van der Waals surface area contributed by atoms with E-state index in [1.807, 2.05) is 32.9 Å². The van der Waals surface area contributed by atoms with E-state index in [2.05, 4.69) is 23.3 Å². The van der Waals surface area contributed by atoms with Crippen LogP contribution in [0.4, 0.5) is 23.8 Å². The Kier molecular flexibility index (Phi) is 11.1. The van der Waals surface area contributed by atoms with Gasteiger partial charge in [0.15, 0.2) is 0 Å². The number of nitrogens with one attached hydrogen (secondary N) is 2. The highest BCUT2D eigenvalue weighted by molar-refractivity contribution is 7.14. The Morgan fingerprint density at radius 1 is 0.800 bits per heavy atom. The molecule has 8 rings (SSSR count). The number of hydrogen-bond acceptors (Lipinski definition) is 10. The molecule has 2 saturated heterocycles. The average Bonchev–Trinajstić information content (AvgIpc) is 3.81. The van der Waals surface area contributed by atoms with Crippen molar-refractivity contribution in [3.05, 3.63) is 88.1 Å². The summed E-state index contributed by atoms with van der Waals surface area (Å²) in [6, 6.07) is 13.8. The van der Waals surface area contributed by atoms with Gasteiger partial charge >= 0.3 is 6.09 Å². The average molecular weight is 743 g/mol. The second-order valence-corrected chi connectivity index (χ2v) is 15.5. The molecule has 2 aliphatic heterocycles. The van der Waals surface area contributed by atoms with Gasteiger partial charge in [-0.3, -0.25) is 9.17 Å². The first-order valence-electron chi connectivity index (χ1n) is 16.3. The number of carbonyl (C=O) groups excluding carboxylic acids is 1. The zero-order valence-corrected chi connectivity index (χ0v) is 30.3. The molecule has 3 aromatic heterocycles. The summed E-state index contributed by atoms with van der Waals surface area (Å²) in [5, 5.41) is 5.96. The van der Waals surface area contributed by atoms with E-state index in [4.69, 9.17) is 4.74 Å². The van der Waals surface area contributed by atoms with Crippen LogP contribution in [0.15, 0.2) is 59.4 Å². The van der Waals surface area contributed by atoms with E-state index in [9.17, 15) is 22.8 Å². The van der Waals surface area contributed by atoms with Gasteiger partial charge in [-0.2, -0.15) is 8.75 Å². The quantitative estimate of drug-likeness (QED) is 0.185. The van der Waals surface area contributed by atoms with E-state index >= 15 is 0 Å². The van der Waals surface area contributed by atoms with Crippen molar-refractivity contribution in [1.29, 1.82) is 0 Å². The summed E-state index contributed by atoms with van der Waals surface area (Å²) in [4.78, 5) is 27.0. The monoisotopic (exact) mass is 742 g/mol. The van der Waals surface area contributed by atoms with E-state index < -0.39 is 5.60 Å². The number of benzene rings is 3. The van der Waals surface area contributed by atoms with E-state index in [0.29, 0.717) is 29.1 Å². The van der Waals surface area contributed by atoms with Crippen molar-refractivity contribution in [1.82, 2.24) is 23.3 Å². The number of carbonyl (C=O) groups is 1. The molecule has 50 heavy (non-hydrogen) atoms. The first-order valence-corrected chi connectivity index (χ1v) is 18.6. The van der Waals surface area contributed by atoms with Crippen LogP contribution in [0.1, 0.15) is 45.2 Å². The number of ether oxygens (including phenoxy) is 1. The minimum atomic E-state index is -0.469. The van der Waals surface area contributed by atoms with Crippen LogP contribution in [0.2, 0.25) is 0 Å². The van der Waals surface area contributed by atoms with Crippen molar-refractivity contribution in [3.8, 4) is 0 Å². The Balaban J connectivity index is 0.000000139. The molecular formula is C35H37F3N6O3S3. The molecule has 264 valence electrons. The fraction of sp³-hybridized carbons (Fsp3) is 0.371. The molecule has 0 atom stereocenters. The van der Waals surface area contributed by atoms with E-state index in [0.717, 1.165) is 82.2 Å². The van der Waals surface area contributed by atoms with Gasteiger partial charge in [-0.1, -0.05) is 11.5 Å². The topological polar surface area (TPSA) is 103 Å². The normalized spacial score (nSPS) is 15.5. The maximum atomic E-state index is 13.3. The van der Waals surface area contributed by atoms with Gasteiger partial charge in [0.1, 0.15) is 28.9 Å². The fourth-order valence-corrected chi connectivity index (χ4v) is 8.27. The highest BCUT2D eigenvalue weighted by Crippen LogP contribution is 2.35. The lowest BCUT2D eigenvalue weighted by molar-refractivity contribution is 0.0204. The molecule has 2 aliphatic rings. The highest BCUT2D eigenvalue weighted by Gasteiger charge is 2.29. The fourth-order valence-electron chi connectivity index (χ4n) is 5.81. The third kappa shape index (κ3) is 8.63. The molecule has 1 amide bonds. The predicted octanol–water partition coefficient (Wildman–Crippen LogP) is 8.12. The number of halogens is 3. The lowest BCUT2D eigenvalue weighted by Crippen LogP contribution is -2.43. The number of H-pyrrole nitrogens is 1. The molecule has 6 aromatic rings. The number of fused-ring (bicyclic) bond motifs is 3. The number of aromatic amines is 1. The molecule has 0 spiro atoms.